The van der Waals surface area contributed by atoms with Crippen LogP contribution in [0.25, 0.3) is 10.9 Å². The lowest BCUT2D eigenvalue weighted by molar-refractivity contribution is 0.691. The van der Waals surface area contributed by atoms with E-state index in [1.54, 1.807) is 0 Å². The number of fused-ring (bicyclic) bond motifs is 1. The molecule has 0 amide bonds. The van der Waals surface area contributed by atoms with Crippen LogP contribution in [0.2, 0.25) is 0 Å². The summed E-state index contributed by atoms with van der Waals surface area (Å²) in [4.78, 5) is 10.4. The second kappa shape index (κ2) is 6.89. The third-order valence-corrected chi connectivity index (χ3v) is 5.27. The number of anilines is 1. The van der Waals surface area contributed by atoms with E-state index < -0.39 is 0 Å². The third-order valence-electron chi connectivity index (χ3n) is 5.27. The van der Waals surface area contributed by atoms with E-state index in [1.807, 2.05) is 6.20 Å². The Morgan fingerprint density at radius 3 is 2.56 bits per heavy atom. The summed E-state index contributed by atoms with van der Waals surface area (Å²) in [6.07, 6.45) is 4.58. The van der Waals surface area contributed by atoms with E-state index in [4.69, 9.17) is 0 Å². The molecule has 3 heterocycles. The summed E-state index contributed by atoms with van der Waals surface area (Å²) in [7, 11) is 0. The predicted molar refractivity (Wildman–Crippen MR) is 104 cm³/mol. The lowest BCUT2D eigenvalue weighted by Gasteiger charge is -2.16. The molecule has 1 aromatic carbocycles. The summed E-state index contributed by atoms with van der Waals surface area (Å²) in [5.41, 5.74) is 6.37. The molecular formula is C21H26N4. The van der Waals surface area contributed by atoms with Crippen LogP contribution in [0, 0.1) is 13.8 Å². The molecule has 1 aliphatic heterocycles. The number of aromatic nitrogens is 2. The van der Waals surface area contributed by atoms with Gasteiger partial charge in [-0.3, -0.25) is 0 Å². The third kappa shape index (κ3) is 3.40. The van der Waals surface area contributed by atoms with Gasteiger partial charge in [0.05, 0.1) is 0 Å². The summed E-state index contributed by atoms with van der Waals surface area (Å²) in [5.74, 6) is 1.12. The molecule has 130 valence electrons. The first-order chi connectivity index (χ1) is 12.2. The first kappa shape index (κ1) is 16.2. The smallest absolute Gasteiger partial charge is 0.128 e. The lowest BCUT2D eigenvalue weighted by atomic mass is 10.1. The van der Waals surface area contributed by atoms with Crippen molar-refractivity contribution in [2.75, 3.05) is 18.0 Å². The van der Waals surface area contributed by atoms with Gasteiger partial charge in [0.1, 0.15) is 5.82 Å². The van der Waals surface area contributed by atoms with Crippen LogP contribution in [0.1, 0.15) is 35.2 Å². The number of H-pyrrole nitrogens is 1. The number of aryl methyl sites for hydroxylation is 2. The molecule has 0 bridgehead atoms. The van der Waals surface area contributed by atoms with E-state index in [0.717, 1.165) is 32.0 Å². The molecule has 3 aromatic rings. The predicted octanol–water partition coefficient (Wildman–Crippen LogP) is 4.07. The molecular weight excluding hydrogens is 308 g/mol. The monoisotopic (exact) mass is 334 g/mol. The standard InChI is InChI=1S/C21H26N4/c1-15-16(2)24-20-7-5-17(11-19(15)20)12-22-13-18-6-8-21(23-14-18)25-9-3-4-10-25/h5-8,11,14,22,24H,3-4,9-10,12-13H2,1-2H3. The van der Waals surface area contributed by atoms with Crippen LogP contribution in [-0.2, 0) is 13.1 Å². The zero-order valence-corrected chi connectivity index (χ0v) is 15.1. The zero-order valence-electron chi connectivity index (χ0n) is 15.1. The highest BCUT2D eigenvalue weighted by atomic mass is 15.2. The molecule has 1 saturated heterocycles. The highest BCUT2D eigenvalue weighted by Crippen LogP contribution is 2.22. The van der Waals surface area contributed by atoms with E-state index in [-0.39, 0.29) is 0 Å². The molecule has 0 saturated carbocycles. The highest BCUT2D eigenvalue weighted by molar-refractivity contribution is 5.84. The maximum absolute atomic E-state index is 4.62. The van der Waals surface area contributed by atoms with Crippen LogP contribution in [0.15, 0.2) is 36.5 Å². The Labute approximate surface area is 149 Å². The first-order valence-corrected chi connectivity index (χ1v) is 9.19. The molecule has 2 N–H and O–H groups in total. The van der Waals surface area contributed by atoms with E-state index in [9.17, 15) is 0 Å². The summed E-state index contributed by atoms with van der Waals surface area (Å²) in [6.45, 7) is 8.31. The number of nitrogens with zero attached hydrogens (tertiary/aromatic N) is 2. The van der Waals surface area contributed by atoms with Crippen LogP contribution in [0.5, 0.6) is 0 Å². The Balaban J connectivity index is 1.36. The van der Waals surface area contributed by atoms with Gasteiger partial charge in [0.15, 0.2) is 0 Å². The number of benzene rings is 1. The van der Waals surface area contributed by atoms with Gasteiger partial charge in [0, 0.05) is 49.0 Å². The molecule has 25 heavy (non-hydrogen) atoms. The normalized spacial score (nSPS) is 14.6. The molecule has 0 aliphatic carbocycles. The molecule has 0 radical (unpaired) electrons. The van der Waals surface area contributed by atoms with Crippen molar-refractivity contribution in [2.24, 2.45) is 0 Å². The fourth-order valence-corrected chi connectivity index (χ4v) is 3.62. The van der Waals surface area contributed by atoms with Gasteiger partial charge in [-0.2, -0.15) is 0 Å². The Morgan fingerprint density at radius 1 is 1.04 bits per heavy atom. The maximum Gasteiger partial charge on any atom is 0.128 e. The minimum atomic E-state index is 0.844. The van der Waals surface area contributed by atoms with Crippen LogP contribution in [-0.4, -0.2) is 23.1 Å². The Hall–Kier alpha value is -2.33. The minimum absolute atomic E-state index is 0.844. The van der Waals surface area contributed by atoms with Gasteiger partial charge in [-0.15, -0.1) is 0 Å². The van der Waals surface area contributed by atoms with Crippen LogP contribution in [0.3, 0.4) is 0 Å². The van der Waals surface area contributed by atoms with Crippen molar-refractivity contribution in [2.45, 2.75) is 39.8 Å². The van der Waals surface area contributed by atoms with E-state index in [0.29, 0.717) is 0 Å². The SMILES string of the molecule is Cc1[nH]c2ccc(CNCc3ccc(N4CCCC4)nc3)cc2c1C. The van der Waals surface area contributed by atoms with Crippen molar-refractivity contribution in [1.82, 2.24) is 15.3 Å². The Kier molecular flexibility index (Phi) is 4.45. The van der Waals surface area contributed by atoms with Gasteiger partial charge in [-0.1, -0.05) is 12.1 Å². The van der Waals surface area contributed by atoms with Crippen LogP contribution >= 0.6 is 0 Å². The lowest BCUT2D eigenvalue weighted by Crippen LogP contribution is -2.19. The fourth-order valence-electron chi connectivity index (χ4n) is 3.62. The molecule has 1 fully saturated rings. The molecule has 1 aliphatic rings. The van der Waals surface area contributed by atoms with Crippen LogP contribution < -0.4 is 10.2 Å². The van der Waals surface area contributed by atoms with Crippen molar-refractivity contribution in [3.63, 3.8) is 0 Å². The van der Waals surface area contributed by atoms with Crippen LogP contribution in [0.4, 0.5) is 5.82 Å². The average Bonchev–Trinajstić information content (AvgIpc) is 3.25. The van der Waals surface area contributed by atoms with Gasteiger partial charge in [0.2, 0.25) is 0 Å². The van der Waals surface area contributed by atoms with E-state index in [1.165, 1.54) is 46.1 Å². The van der Waals surface area contributed by atoms with Gasteiger partial charge >= 0.3 is 0 Å². The summed E-state index contributed by atoms with van der Waals surface area (Å²) >= 11 is 0. The largest absolute Gasteiger partial charge is 0.358 e. The molecule has 4 heteroatoms. The molecule has 4 rings (SSSR count). The number of hydrogen-bond acceptors (Lipinski definition) is 3. The summed E-state index contributed by atoms with van der Waals surface area (Å²) < 4.78 is 0. The average molecular weight is 334 g/mol. The molecule has 4 nitrogen and oxygen atoms in total. The van der Waals surface area contributed by atoms with Gasteiger partial charge < -0.3 is 15.2 Å². The Bertz CT molecular complexity index is 857. The number of aromatic amines is 1. The minimum Gasteiger partial charge on any atom is -0.358 e. The zero-order chi connectivity index (χ0) is 17.2. The highest BCUT2D eigenvalue weighted by Gasteiger charge is 2.12. The summed E-state index contributed by atoms with van der Waals surface area (Å²) in [6, 6.07) is 11.0. The number of nitrogens with one attached hydrogen (secondary N) is 2. The molecule has 2 aromatic heterocycles. The second-order valence-electron chi connectivity index (χ2n) is 7.08. The number of hydrogen-bond donors (Lipinski definition) is 2. The van der Waals surface area contributed by atoms with Gasteiger partial charge in [0.25, 0.3) is 0 Å². The molecule has 0 spiro atoms. The van der Waals surface area contributed by atoms with Crippen molar-refractivity contribution in [3.8, 4) is 0 Å². The maximum atomic E-state index is 4.62. The fraction of sp³-hybridized carbons (Fsp3) is 0.381. The van der Waals surface area contributed by atoms with E-state index in [2.05, 4.69) is 64.4 Å². The Morgan fingerprint density at radius 2 is 1.80 bits per heavy atom. The summed E-state index contributed by atoms with van der Waals surface area (Å²) in [5, 5.41) is 4.86. The first-order valence-electron chi connectivity index (χ1n) is 9.19. The second-order valence-corrected chi connectivity index (χ2v) is 7.08. The molecule has 0 atom stereocenters. The van der Waals surface area contributed by atoms with Crippen molar-refractivity contribution < 1.29 is 0 Å². The van der Waals surface area contributed by atoms with Crippen molar-refractivity contribution in [1.29, 1.82) is 0 Å². The quantitative estimate of drug-likeness (QED) is 0.739. The number of rotatable bonds is 5. The van der Waals surface area contributed by atoms with Crippen molar-refractivity contribution in [3.05, 3.63) is 58.9 Å². The van der Waals surface area contributed by atoms with Gasteiger partial charge in [-0.05, 0) is 61.6 Å². The topological polar surface area (TPSA) is 44.0 Å². The van der Waals surface area contributed by atoms with Crippen molar-refractivity contribution >= 4 is 16.7 Å². The van der Waals surface area contributed by atoms with Gasteiger partial charge in [-0.25, -0.2) is 4.98 Å². The van der Waals surface area contributed by atoms with E-state index >= 15 is 0 Å². The number of pyridine rings is 1. The molecule has 0 unspecified atom stereocenters.